The molecule has 6 heterocycles. The Balaban J connectivity index is 1.23. The number of hydrogen-bond acceptors (Lipinski definition) is 8. The molecule has 0 aliphatic carbocycles. The summed E-state index contributed by atoms with van der Waals surface area (Å²) in [6.45, 7) is 2.82. The van der Waals surface area contributed by atoms with E-state index in [4.69, 9.17) is 18.9 Å². The number of rotatable bonds is 3. The van der Waals surface area contributed by atoms with Crippen molar-refractivity contribution in [2.75, 3.05) is 36.2 Å². The van der Waals surface area contributed by atoms with Gasteiger partial charge in [-0.1, -0.05) is 0 Å². The van der Waals surface area contributed by atoms with Crippen LogP contribution in [-0.4, -0.2) is 67.6 Å². The molecule has 1 spiro atoms. The third-order valence-electron chi connectivity index (χ3n) is 9.52. The monoisotopic (exact) mass is 538 g/mol. The number of ether oxygens (including phenoxy) is 4. The van der Waals surface area contributed by atoms with Gasteiger partial charge in [-0.25, -0.2) is 9.59 Å². The van der Waals surface area contributed by atoms with Crippen LogP contribution in [0.4, 0.5) is 11.4 Å². The van der Waals surface area contributed by atoms with Crippen molar-refractivity contribution in [3.8, 4) is 11.5 Å². The summed E-state index contributed by atoms with van der Waals surface area (Å²) in [5, 5.41) is 9.80. The highest BCUT2D eigenvalue weighted by Crippen LogP contribution is 2.58. The second-order valence-corrected chi connectivity index (χ2v) is 11.6. The fraction of sp³-hybridized carbons (Fsp3) is 0.355. The highest BCUT2D eigenvalue weighted by atomic mass is 16.6. The Labute approximate surface area is 229 Å². The molecule has 4 saturated heterocycles. The number of benzene rings is 3. The average Bonchev–Trinajstić information content (AvgIpc) is 3.25. The predicted octanol–water partition coefficient (Wildman–Crippen LogP) is 3.91. The van der Waals surface area contributed by atoms with E-state index < -0.39 is 17.5 Å². The number of nitrogens with zero attached hydrogens (tertiary/aromatic N) is 2. The molecule has 3 aromatic rings. The van der Waals surface area contributed by atoms with Gasteiger partial charge in [0.2, 0.25) is 0 Å². The summed E-state index contributed by atoms with van der Waals surface area (Å²) in [5.74, 6) is -0.348. The van der Waals surface area contributed by atoms with Crippen LogP contribution in [0.25, 0.3) is 0 Å². The Morgan fingerprint density at radius 2 is 1.30 bits per heavy atom. The minimum Gasteiger partial charge on any atom is -0.478 e. The normalized spacial score (nSPS) is 30.4. The molecule has 1 N–H and O–H groups in total. The Morgan fingerprint density at radius 3 is 1.80 bits per heavy atom. The summed E-state index contributed by atoms with van der Waals surface area (Å²) >= 11 is 0. The van der Waals surface area contributed by atoms with Crippen molar-refractivity contribution in [3.63, 3.8) is 0 Å². The lowest BCUT2D eigenvalue weighted by atomic mass is 9.76. The summed E-state index contributed by atoms with van der Waals surface area (Å²) in [6.07, 6.45) is 2.22. The number of aromatic carboxylic acids is 1. The summed E-state index contributed by atoms with van der Waals surface area (Å²) in [5.41, 5.74) is 3.10. The van der Waals surface area contributed by atoms with Gasteiger partial charge in [0.25, 0.3) is 0 Å². The van der Waals surface area contributed by atoms with Crippen LogP contribution >= 0.6 is 0 Å². The highest BCUT2D eigenvalue weighted by molar-refractivity contribution is 5.99. The fourth-order valence-corrected chi connectivity index (χ4v) is 7.67. The van der Waals surface area contributed by atoms with E-state index in [1.54, 1.807) is 12.1 Å². The SMILES string of the molecule is O=C(O)c1ccc2c(c1)C1(OC2=O)c2ccc(N3C4COCC3C4)cc2Oc2cc(N3C4COCC3C4)ccc21. The first kappa shape index (κ1) is 22.7. The number of carboxylic acid groups (broad SMARTS) is 1. The van der Waals surface area contributed by atoms with E-state index in [1.807, 2.05) is 36.4 Å². The molecule has 202 valence electrons. The van der Waals surface area contributed by atoms with Crippen LogP contribution in [0.1, 0.15) is 50.2 Å². The molecule has 0 saturated carbocycles. The van der Waals surface area contributed by atoms with E-state index in [0.29, 0.717) is 84.3 Å². The van der Waals surface area contributed by atoms with Crippen LogP contribution in [0.15, 0.2) is 54.6 Å². The minimum atomic E-state index is -1.32. The van der Waals surface area contributed by atoms with Gasteiger partial charge in [0.1, 0.15) is 11.5 Å². The number of carbonyl (C=O) groups excluding carboxylic acids is 1. The van der Waals surface area contributed by atoms with Crippen molar-refractivity contribution < 1.29 is 33.6 Å². The number of hydrogen-bond donors (Lipinski definition) is 1. The molecule has 4 atom stereocenters. The zero-order valence-corrected chi connectivity index (χ0v) is 21.5. The summed E-state index contributed by atoms with van der Waals surface area (Å²) in [7, 11) is 0. The highest BCUT2D eigenvalue weighted by Gasteiger charge is 2.55. The molecular formula is C31H26N2O7. The third-order valence-corrected chi connectivity index (χ3v) is 9.52. The van der Waals surface area contributed by atoms with Gasteiger partial charge in [-0.15, -0.1) is 0 Å². The molecule has 4 fully saturated rings. The Kier molecular flexibility index (Phi) is 4.41. The third kappa shape index (κ3) is 2.83. The molecule has 6 aliphatic rings. The first-order chi connectivity index (χ1) is 19.5. The molecule has 3 aromatic carbocycles. The maximum atomic E-state index is 13.3. The lowest BCUT2D eigenvalue weighted by Gasteiger charge is -2.54. The predicted molar refractivity (Wildman–Crippen MR) is 143 cm³/mol. The van der Waals surface area contributed by atoms with Crippen molar-refractivity contribution in [3.05, 3.63) is 82.4 Å². The van der Waals surface area contributed by atoms with Gasteiger partial charge < -0.3 is 33.9 Å². The summed E-state index contributed by atoms with van der Waals surface area (Å²) in [4.78, 5) is 30.0. The molecule has 4 bridgehead atoms. The van der Waals surface area contributed by atoms with Gasteiger partial charge in [-0.2, -0.15) is 0 Å². The molecule has 0 radical (unpaired) electrons. The number of fused-ring (bicyclic) bond motifs is 10. The number of anilines is 2. The number of carbonyl (C=O) groups is 2. The maximum Gasteiger partial charge on any atom is 0.340 e. The van der Waals surface area contributed by atoms with Crippen LogP contribution in [0.2, 0.25) is 0 Å². The molecule has 0 amide bonds. The Morgan fingerprint density at radius 1 is 0.750 bits per heavy atom. The fourth-order valence-electron chi connectivity index (χ4n) is 7.67. The smallest absolute Gasteiger partial charge is 0.340 e. The lowest BCUT2D eigenvalue weighted by molar-refractivity contribution is 0.0101. The van der Waals surface area contributed by atoms with Crippen molar-refractivity contribution in [1.29, 1.82) is 0 Å². The van der Waals surface area contributed by atoms with Gasteiger partial charge in [-0.3, -0.25) is 0 Å². The topological polar surface area (TPSA) is 97.8 Å². The van der Waals surface area contributed by atoms with Crippen molar-refractivity contribution in [1.82, 2.24) is 0 Å². The van der Waals surface area contributed by atoms with Gasteiger partial charge in [-0.05, 0) is 55.3 Å². The molecule has 0 aromatic heterocycles. The lowest BCUT2D eigenvalue weighted by Crippen LogP contribution is -2.64. The Hall–Kier alpha value is -4.08. The minimum absolute atomic E-state index is 0.0982. The van der Waals surface area contributed by atoms with E-state index in [2.05, 4.69) is 9.80 Å². The van der Waals surface area contributed by atoms with Crippen LogP contribution in [0.3, 0.4) is 0 Å². The molecule has 40 heavy (non-hydrogen) atoms. The number of esters is 1. The van der Waals surface area contributed by atoms with Gasteiger partial charge in [0.15, 0.2) is 5.60 Å². The van der Waals surface area contributed by atoms with Crippen LogP contribution < -0.4 is 14.5 Å². The van der Waals surface area contributed by atoms with E-state index in [9.17, 15) is 14.7 Å². The zero-order chi connectivity index (χ0) is 26.7. The van der Waals surface area contributed by atoms with Crippen LogP contribution in [0.5, 0.6) is 11.5 Å². The second-order valence-electron chi connectivity index (χ2n) is 11.6. The molecule has 9 rings (SSSR count). The summed E-state index contributed by atoms with van der Waals surface area (Å²) in [6, 6.07) is 18.0. The molecular weight excluding hydrogens is 512 g/mol. The second kappa shape index (κ2) is 7.77. The van der Waals surface area contributed by atoms with E-state index in [0.717, 1.165) is 24.2 Å². The molecule has 6 aliphatic heterocycles. The van der Waals surface area contributed by atoms with Gasteiger partial charge >= 0.3 is 11.9 Å². The van der Waals surface area contributed by atoms with Crippen molar-refractivity contribution >= 4 is 23.3 Å². The van der Waals surface area contributed by atoms with Gasteiger partial charge in [0.05, 0.1) is 61.7 Å². The first-order valence-electron chi connectivity index (χ1n) is 13.8. The van der Waals surface area contributed by atoms with Crippen LogP contribution in [-0.2, 0) is 19.8 Å². The number of carboxylic acids is 1. The van der Waals surface area contributed by atoms with Crippen molar-refractivity contribution in [2.45, 2.75) is 42.6 Å². The molecule has 4 unspecified atom stereocenters. The van der Waals surface area contributed by atoms with E-state index in [1.165, 1.54) is 6.07 Å². The Bertz CT molecular complexity index is 1530. The quantitative estimate of drug-likeness (QED) is 0.498. The van der Waals surface area contributed by atoms with E-state index in [-0.39, 0.29) is 5.56 Å². The standard InChI is InChI=1S/C31H26N2O7/c34-29(35)16-1-4-23-26(7-16)31(40-30(23)36)24-5-2-17(32-19-8-20(32)13-37-12-19)10-27(24)39-28-11-18(3-6-25(28)31)33-21-9-22(33)15-38-14-21/h1-7,10-11,19-22H,8-9,12-15H2,(H,34,35). The summed E-state index contributed by atoms with van der Waals surface area (Å²) < 4.78 is 24.3. The van der Waals surface area contributed by atoms with Crippen LogP contribution in [0, 0.1) is 0 Å². The molecule has 9 nitrogen and oxygen atoms in total. The zero-order valence-electron chi connectivity index (χ0n) is 21.5. The number of morpholine rings is 2. The van der Waals surface area contributed by atoms with Crippen molar-refractivity contribution in [2.24, 2.45) is 0 Å². The largest absolute Gasteiger partial charge is 0.478 e. The van der Waals surface area contributed by atoms with E-state index >= 15 is 0 Å². The first-order valence-corrected chi connectivity index (χ1v) is 13.8. The molecule has 9 heteroatoms. The maximum absolute atomic E-state index is 13.3. The van der Waals surface area contributed by atoms with Gasteiger partial charge in [0, 0.05) is 40.2 Å². The average molecular weight is 539 g/mol.